The first-order valence-electron chi connectivity index (χ1n) is 19.5. The molecule has 0 fully saturated rings. The van der Waals surface area contributed by atoms with Crippen molar-refractivity contribution in [2.45, 2.75) is 35.5 Å². The molecule has 0 spiro atoms. The van der Waals surface area contributed by atoms with Crippen molar-refractivity contribution in [3.05, 3.63) is 50.2 Å². The van der Waals surface area contributed by atoms with Gasteiger partial charge in [0.2, 0.25) is 34.4 Å². The van der Waals surface area contributed by atoms with Crippen LogP contribution in [0.4, 0.5) is 40.9 Å². The molecule has 70 heavy (non-hydrogen) atoms. The molecule has 0 amide bonds. The third-order valence-electron chi connectivity index (χ3n) is 9.16. The van der Waals surface area contributed by atoms with Crippen LogP contribution >= 0.6 is 46.4 Å². The Kier molecular flexibility index (Phi) is 19.7. The molecule has 0 radical (unpaired) electrons. The van der Waals surface area contributed by atoms with Crippen LogP contribution in [-0.4, -0.2) is 112 Å². The second kappa shape index (κ2) is 24.3. The number of nitrogens with one attached hydrogen (secondary N) is 6. The number of hydrogen-bond donors (Lipinski definition) is 8. The smallest absolute Gasteiger partial charge is 0.550 e. The molecule has 2 aliphatic heterocycles. The summed E-state index contributed by atoms with van der Waals surface area (Å²) in [6.45, 7) is 0.542. The van der Waals surface area contributed by atoms with Gasteiger partial charge in [-0.15, -0.1) is 0 Å². The number of anilines is 7. The van der Waals surface area contributed by atoms with E-state index in [9.17, 15) is 45.7 Å². The molecule has 360 valence electrons. The molecule has 0 unspecified atom stereocenters. The Balaban J connectivity index is 0.00000456. The number of aromatic nitrogens is 7. The minimum Gasteiger partial charge on any atom is -0.550 e. The summed E-state index contributed by atoms with van der Waals surface area (Å²) < 4.78 is 84.4. The number of carbonyl (C=O) groups excluding carboxylic acids is 2. The summed E-state index contributed by atoms with van der Waals surface area (Å²) in [5, 5.41) is 37.4. The summed E-state index contributed by atoms with van der Waals surface area (Å²) in [4.78, 5) is 52.7. The van der Waals surface area contributed by atoms with Crippen molar-refractivity contribution >= 4 is 131 Å². The van der Waals surface area contributed by atoms with Crippen molar-refractivity contribution in [2.75, 3.05) is 71.2 Å². The van der Waals surface area contributed by atoms with Crippen molar-refractivity contribution < 1.29 is 114 Å². The fourth-order valence-corrected chi connectivity index (χ4v) is 8.74. The van der Waals surface area contributed by atoms with Gasteiger partial charge in [0.15, 0.2) is 32.6 Å². The molecule has 7 rings (SSSR count). The summed E-state index contributed by atoms with van der Waals surface area (Å²) in [5.74, 6) is -3.38. The Morgan fingerprint density at radius 1 is 0.657 bits per heavy atom. The second-order valence-electron chi connectivity index (χ2n) is 14.0. The molecule has 4 heterocycles. The molecule has 4 aromatic rings. The molecule has 3 aliphatic rings. The molecule has 0 atom stereocenters. The van der Waals surface area contributed by atoms with Gasteiger partial charge in [-0.25, -0.2) is 4.98 Å². The molecule has 2 aromatic carbocycles. The number of benzene rings is 3. The van der Waals surface area contributed by atoms with E-state index in [1.54, 1.807) is 0 Å². The number of hydrogen-bond acceptors (Lipinski definition) is 24. The molecule has 2 aromatic heterocycles. The van der Waals surface area contributed by atoms with Crippen molar-refractivity contribution in [3.63, 3.8) is 0 Å². The number of rotatable bonds is 21. The first-order chi connectivity index (χ1) is 32.3. The maximum atomic E-state index is 12.9. The quantitative estimate of drug-likeness (QED) is 0.0151. The van der Waals surface area contributed by atoms with E-state index < -0.39 is 47.7 Å². The van der Waals surface area contributed by atoms with Crippen molar-refractivity contribution in [1.29, 1.82) is 0 Å². The van der Waals surface area contributed by atoms with Crippen molar-refractivity contribution in [3.8, 4) is 23.0 Å². The van der Waals surface area contributed by atoms with Crippen LogP contribution in [0.15, 0.2) is 43.5 Å². The van der Waals surface area contributed by atoms with Gasteiger partial charge in [-0.05, 0) is 60.3 Å². The number of fused-ring (bicyclic) bond motifs is 4. The standard InChI is InChI=1S/C36H34Cl4N14O12S2.2Na/c37-21-24-28(66-26-16(48-24)4-6-18(30(26)68(62,63)64)42-10-2-12-44-34-50-32(40)52-36(54-34)46-14-8-20(57)58)22(38)23-27(21)65-25-15(47-23)3-5-17(29(25)67(59,60)61)41-9-1-11-43-33-49-31(39)51-35(53-33)45-13-7-19(55)56;;/h3-6,41,47H,1-2,7-14H2,(H,55,56)(H,57,58)(H,59,60,61)(H,62,63,64)(H2,43,45,49,51,53)(H2,44,46,50,52,54);;/q;2*+1/p-2. The minimum atomic E-state index is -5.04. The number of nitrogens with zero attached hydrogens (tertiary/aromatic N) is 8. The van der Waals surface area contributed by atoms with Crippen LogP contribution in [-0.2, 0) is 29.8 Å². The Morgan fingerprint density at radius 3 is 1.73 bits per heavy atom. The Morgan fingerprint density at radius 2 is 1.19 bits per heavy atom. The van der Waals surface area contributed by atoms with Crippen LogP contribution < -0.4 is 111 Å². The summed E-state index contributed by atoms with van der Waals surface area (Å²) in [5.41, 5.74) is -0.629. The van der Waals surface area contributed by atoms with E-state index in [1.807, 2.05) is 0 Å². The van der Waals surface area contributed by atoms with E-state index in [0.29, 0.717) is 6.42 Å². The summed E-state index contributed by atoms with van der Waals surface area (Å²) >= 11 is 25.5. The van der Waals surface area contributed by atoms with E-state index in [4.69, 9.17) is 55.6 Å². The van der Waals surface area contributed by atoms with Gasteiger partial charge in [-0.2, -0.15) is 46.7 Å². The van der Waals surface area contributed by atoms with E-state index in [1.165, 1.54) is 24.3 Å². The number of carboxylic acids is 2. The minimum absolute atomic E-state index is 0. The molecule has 0 bridgehead atoms. The molecule has 8 N–H and O–H groups in total. The molecule has 26 nitrogen and oxygen atoms in total. The van der Waals surface area contributed by atoms with Crippen molar-refractivity contribution in [1.82, 2.24) is 34.9 Å². The van der Waals surface area contributed by atoms with E-state index in [2.05, 4.69) is 71.8 Å². The maximum Gasteiger partial charge on any atom is 1.00 e. The molecular formula is C36H32Cl4N14Na2O12S2. The molecular weight excluding hydrogens is 1070 g/mol. The summed E-state index contributed by atoms with van der Waals surface area (Å²) in [7, 11) is -10.0. The first-order valence-corrected chi connectivity index (χ1v) is 23.9. The van der Waals surface area contributed by atoms with E-state index in [-0.39, 0.29) is 213 Å². The Labute approximate surface area is 460 Å². The Bertz CT molecular complexity index is 3240. The maximum absolute atomic E-state index is 12.9. The fourth-order valence-electron chi connectivity index (χ4n) is 6.31. The SMILES string of the molecule is O=C([O-])CCNc1nc(Cl)nc(NCCCN=c2ccc3nc4c(Cl)c5c(c(Cl)c4oc-3c2S(=O)(=O)O)Nc2ccc(NCCCNc3nc(Cl)nc(NCCC(=O)[O-])n3)c(S(=O)(=O)O)c2O5)n1.[Na+].[Na+]. The van der Waals surface area contributed by atoms with Gasteiger partial charge in [0.25, 0.3) is 10.1 Å². The zero-order chi connectivity index (χ0) is 48.9. The monoisotopic (exact) mass is 1100 g/mol. The zero-order valence-electron chi connectivity index (χ0n) is 36.3. The van der Waals surface area contributed by atoms with Crippen LogP contribution in [0.5, 0.6) is 11.5 Å². The number of carbonyl (C=O) groups is 2. The van der Waals surface area contributed by atoms with Crippen LogP contribution in [0, 0.1) is 0 Å². The molecule has 0 saturated carbocycles. The van der Waals surface area contributed by atoms with Gasteiger partial charge in [0.05, 0.1) is 16.7 Å². The van der Waals surface area contributed by atoms with Gasteiger partial charge in [-0.1, -0.05) is 23.2 Å². The summed E-state index contributed by atoms with van der Waals surface area (Å²) in [6, 6.07) is 5.40. The largest absolute Gasteiger partial charge is 1.00 e. The van der Waals surface area contributed by atoms with Gasteiger partial charge in [-0.3, -0.25) is 14.1 Å². The van der Waals surface area contributed by atoms with E-state index in [0.717, 1.165) is 0 Å². The first kappa shape index (κ1) is 56.5. The number of ether oxygens (including phenoxy) is 1. The van der Waals surface area contributed by atoms with E-state index >= 15 is 0 Å². The Hall–Kier alpha value is -4.40. The van der Waals surface area contributed by atoms with Crippen LogP contribution in [0.25, 0.3) is 22.6 Å². The van der Waals surface area contributed by atoms with Crippen molar-refractivity contribution in [2.24, 2.45) is 4.99 Å². The molecule has 1 aliphatic carbocycles. The molecule has 0 saturated heterocycles. The predicted octanol–water partition coefficient (Wildman–Crippen LogP) is -3.31. The summed E-state index contributed by atoms with van der Waals surface area (Å²) in [6.07, 6.45) is 0.0201. The molecule has 34 heteroatoms. The normalized spacial score (nSPS) is 12.1. The third kappa shape index (κ3) is 14.0. The van der Waals surface area contributed by atoms with Gasteiger partial charge in [0.1, 0.15) is 26.9 Å². The van der Waals surface area contributed by atoms with Crippen LogP contribution in [0.3, 0.4) is 0 Å². The van der Waals surface area contributed by atoms with Crippen LogP contribution in [0.1, 0.15) is 25.7 Å². The third-order valence-corrected chi connectivity index (χ3v) is 12.0. The van der Waals surface area contributed by atoms with Gasteiger partial charge >= 0.3 is 69.2 Å². The van der Waals surface area contributed by atoms with Crippen LogP contribution in [0.2, 0.25) is 20.6 Å². The van der Waals surface area contributed by atoms with Gasteiger partial charge < -0.3 is 60.9 Å². The number of aliphatic carboxylic acids is 2. The number of carboxylic acid groups (broad SMARTS) is 2. The fraction of sp³-hybridized carbons (Fsp3) is 0.278. The second-order valence-corrected chi connectivity index (χ2v) is 18.1. The van der Waals surface area contributed by atoms with Gasteiger partial charge in [0, 0.05) is 64.0 Å². The average Bonchev–Trinajstić information content (AvgIpc) is 3.25. The topological polar surface area (TPSA) is 386 Å². The predicted molar refractivity (Wildman–Crippen MR) is 241 cm³/mol. The number of halogens is 4. The average molecular weight is 1100 g/mol. The zero-order valence-corrected chi connectivity index (χ0v) is 44.9.